The molecule has 0 aromatic heterocycles. The van der Waals surface area contributed by atoms with Gasteiger partial charge in [-0.15, -0.1) is 0 Å². The summed E-state index contributed by atoms with van der Waals surface area (Å²) in [6, 6.07) is 4.45. The van der Waals surface area contributed by atoms with E-state index >= 15 is 0 Å². The number of amides is 1. The second kappa shape index (κ2) is 7.14. The fraction of sp³-hybridized carbons (Fsp3) is 0.438. The van der Waals surface area contributed by atoms with Crippen LogP contribution in [-0.4, -0.2) is 39.8 Å². The molecular formula is C16H22N2O4S. The SMILES string of the molecule is COc1ccc(S(=O)(=O)N(C)C)cc1NC(=O)C1CC=CCC1. The molecule has 126 valence electrons. The van der Waals surface area contributed by atoms with Crippen molar-refractivity contribution in [1.29, 1.82) is 0 Å². The van der Waals surface area contributed by atoms with Gasteiger partial charge in [-0.25, -0.2) is 12.7 Å². The molecule has 1 aliphatic rings. The number of methoxy groups -OCH3 is 1. The second-order valence-corrected chi connectivity index (χ2v) is 7.77. The molecule has 1 aromatic carbocycles. The standard InChI is InChI=1S/C16H22N2O4S/c1-18(2)23(20,21)13-9-10-15(22-3)14(11-13)17-16(19)12-7-5-4-6-8-12/h4-5,9-12H,6-8H2,1-3H3,(H,17,19). The van der Waals surface area contributed by atoms with Crippen LogP contribution in [0, 0.1) is 5.92 Å². The summed E-state index contributed by atoms with van der Waals surface area (Å²) >= 11 is 0. The van der Waals surface area contributed by atoms with Gasteiger partial charge in [-0.3, -0.25) is 4.79 Å². The van der Waals surface area contributed by atoms with E-state index in [1.54, 1.807) is 6.07 Å². The summed E-state index contributed by atoms with van der Waals surface area (Å²) in [6.07, 6.45) is 6.43. The molecule has 2 rings (SSSR count). The zero-order valence-corrected chi connectivity index (χ0v) is 14.4. The number of hydrogen-bond donors (Lipinski definition) is 1. The molecule has 0 aliphatic heterocycles. The van der Waals surface area contributed by atoms with Crippen LogP contribution in [0.3, 0.4) is 0 Å². The van der Waals surface area contributed by atoms with E-state index in [-0.39, 0.29) is 16.7 Å². The second-order valence-electron chi connectivity index (χ2n) is 5.62. The average Bonchev–Trinajstić information content (AvgIpc) is 2.55. The van der Waals surface area contributed by atoms with Crippen LogP contribution < -0.4 is 10.1 Å². The minimum absolute atomic E-state index is 0.0983. The third kappa shape index (κ3) is 3.92. The first kappa shape index (κ1) is 17.5. The zero-order valence-electron chi connectivity index (χ0n) is 13.6. The van der Waals surface area contributed by atoms with Gasteiger partial charge in [-0.2, -0.15) is 0 Å². The van der Waals surface area contributed by atoms with Gasteiger partial charge in [0.05, 0.1) is 17.7 Å². The largest absolute Gasteiger partial charge is 0.495 e. The maximum atomic E-state index is 12.4. The number of benzene rings is 1. The van der Waals surface area contributed by atoms with E-state index in [4.69, 9.17) is 4.74 Å². The van der Waals surface area contributed by atoms with E-state index in [1.807, 2.05) is 6.08 Å². The lowest BCUT2D eigenvalue weighted by Gasteiger charge is -2.19. The highest BCUT2D eigenvalue weighted by Gasteiger charge is 2.22. The van der Waals surface area contributed by atoms with Crippen LogP contribution in [0.2, 0.25) is 0 Å². The van der Waals surface area contributed by atoms with Crippen molar-refractivity contribution in [3.05, 3.63) is 30.4 Å². The predicted molar refractivity (Wildman–Crippen MR) is 89.0 cm³/mol. The number of allylic oxidation sites excluding steroid dienone is 2. The molecule has 7 heteroatoms. The molecule has 0 saturated heterocycles. The Morgan fingerprint density at radius 2 is 2.04 bits per heavy atom. The maximum absolute atomic E-state index is 12.4. The number of sulfonamides is 1. The maximum Gasteiger partial charge on any atom is 0.242 e. The minimum atomic E-state index is -3.57. The third-order valence-electron chi connectivity index (χ3n) is 3.85. The van der Waals surface area contributed by atoms with Gasteiger partial charge in [0.1, 0.15) is 5.75 Å². The van der Waals surface area contributed by atoms with Crippen molar-refractivity contribution in [1.82, 2.24) is 4.31 Å². The Hall–Kier alpha value is -1.86. The lowest BCUT2D eigenvalue weighted by atomic mass is 9.93. The van der Waals surface area contributed by atoms with Crippen LogP contribution in [0.1, 0.15) is 19.3 Å². The summed E-state index contributed by atoms with van der Waals surface area (Å²) < 4.78 is 30.8. The molecule has 6 nitrogen and oxygen atoms in total. The Morgan fingerprint density at radius 1 is 1.30 bits per heavy atom. The molecule has 23 heavy (non-hydrogen) atoms. The van der Waals surface area contributed by atoms with Crippen LogP contribution in [0.5, 0.6) is 5.75 Å². The lowest BCUT2D eigenvalue weighted by molar-refractivity contribution is -0.120. The number of nitrogens with zero attached hydrogens (tertiary/aromatic N) is 1. The van der Waals surface area contributed by atoms with E-state index in [9.17, 15) is 13.2 Å². The van der Waals surface area contributed by atoms with Crippen molar-refractivity contribution in [3.63, 3.8) is 0 Å². The molecular weight excluding hydrogens is 316 g/mol. The normalized spacial score (nSPS) is 18.0. The van der Waals surface area contributed by atoms with Gasteiger partial charge in [0.15, 0.2) is 0 Å². The number of rotatable bonds is 5. The molecule has 0 bridgehead atoms. The Morgan fingerprint density at radius 3 is 2.61 bits per heavy atom. The number of ether oxygens (including phenoxy) is 1. The summed E-state index contributed by atoms with van der Waals surface area (Å²) in [4.78, 5) is 12.5. The smallest absolute Gasteiger partial charge is 0.242 e. The number of anilines is 1. The third-order valence-corrected chi connectivity index (χ3v) is 5.66. The first-order valence-corrected chi connectivity index (χ1v) is 8.86. The van der Waals surface area contributed by atoms with Crippen molar-refractivity contribution in [3.8, 4) is 5.75 Å². The molecule has 1 aliphatic carbocycles. The Balaban J connectivity index is 2.29. The van der Waals surface area contributed by atoms with Crippen molar-refractivity contribution in [2.45, 2.75) is 24.2 Å². The summed E-state index contributed by atoms with van der Waals surface area (Å²) in [5.41, 5.74) is 0.370. The Labute approximate surface area is 137 Å². The van der Waals surface area contributed by atoms with Crippen LogP contribution in [0.15, 0.2) is 35.2 Å². The average molecular weight is 338 g/mol. The molecule has 1 amide bonds. The molecule has 1 unspecified atom stereocenters. The monoisotopic (exact) mass is 338 g/mol. The van der Waals surface area contributed by atoms with E-state index in [0.29, 0.717) is 17.9 Å². The predicted octanol–water partition coefficient (Wildman–Crippen LogP) is 2.24. The van der Waals surface area contributed by atoms with Gasteiger partial charge in [0, 0.05) is 20.0 Å². The van der Waals surface area contributed by atoms with Crippen LogP contribution in [0.4, 0.5) is 5.69 Å². The van der Waals surface area contributed by atoms with Gasteiger partial charge in [-0.05, 0) is 37.5 Å². The molecule has 1 atom stereocenters. The molecule has 0 spiro atoms. The minimum Gasteiger partial charge on any atom is -0.495 e. The van der Waals surface area contributed by atoms with Gasteiger partial charge in [-0.1, -0.05) is 12.2 Å². The fourth-order valence-corrected chi connectivity index (χ4v) is 3.35. The molecule has 0 heterocycles. The van der Waals surface area contributed by atoms with Crippen LogP contribution in [0.25, 0.3) is 0 Å². The fourth-order valence-electron chi connectivity index (χ4n) is 2.42. The number of carbonyl (C=O) groups excluding carboxylic acids is 1. The quantitative estimate of drug-likeness (QED) is 0.836. The molecule has 0 saturated carbocycles. The van der Waals surface area contributed by atoms with E-state index in [2.05, 4.69) is 11.4 Å². The lowest BCUT2D eigenvalue weighted by Crippen LogP contribution is -2.25. The summed E-state index contributed by atoms with van der Waals surface area (Å²) in [5.74, 6) is 0.216. The van der Waals surface area contributed by atoms with E-state index < -0.39 is 10.0 Å². The number of nitrogens with one attached hydrogen (secondary N) is 1. The van der Waals surface area contributed by atoms with Crippen LogP contribution >= 0.6 is 0 Å². The Kier molecular flexibility index (Phi) is 5.43. The number of hydrogen-bond acceptors (Lipinski definition) is 4. The van der Waals surface area contributed by atoms with Crippen molar-refractivity contribution >= 4 is 21.6 Å². The molecule has 1 N–H and O–H groups in total. The number of carbonyl (C=O) groups is 1. The van der Waals surface area contributed by atoms with Gasteiger partial charge < -0.3 is 10.1 Å². The highest BCUT2D eigenvalue weighted by molar-refractivity contribution is 7.89. The first-order valence-electron chi connectivity index (χ1n) is 7.42. The van der Waals surface area contributed by atoms with E-state index in [0.717, 1.165) is 17.1 Å². The van der Waals surface area contributed by atoms with Gasteiger partial charge in [0.25, 0.3) is 0 Å². The molecule has 1 aromatic rings. The van der Waals surface area contributed by atoms with Crippen molar-refractivity contribution < 1.29 is 17.9 Å². The Bertz CT molecular complexity index is 711. The van der Waals surface area contributed by atoms with Gasteiger partial charge in [0.2, 0.25) is 15.9 Å². The molecule has 0 fully saturated rings. The zero-order chi connectivity index (χ0) is 17.0. The first-order chi connectivity index (χ1) is 10.9. The van der Waals surface area contributed by atoms with Gasteiger partial charge >= 0.3 is 0 Å². The van der Waals surface area contributed by atoms with Crippen molar-refractivity contribution in [2.24, 2.45) is 5.92 Å². The highest BCUT2D eigenvalue weighted by Crippen LogP contribution is 2.30. The summed E-state index contributed by atoms with van der Waals surface area (Å²) in [6.45, 7) is 0. The molecule has 0 radical (unpaired) electrons. The van der Waals surface area contributed by atoms with Crippen molar-refractivity contribution in [2.75, 3.05) is 26.5 Å². The summed E-state index contributed by atoms with van der Waals surface area (Å²) in [5, 5.41) is 2.80. The topological polar surface area (TPSA) is 75.7 Å². The summed E-state index contributed by atoms with van der Waals surface area (Å²) in [7, 11) is 0.840. The highest BCUT2D eigenvalue weighted by atomic mass is 32.2. The van der Waals surface area contributed by atoms with Crippen LogP contribution in [-0.2, 0) is 14.8 Å². The van der Waals surface area contributed by atoms with E-state index in [1.165, 1.54) is 33.3 Å².